The van der Waals surface area contributed by atoms with Gasteiger partial charge in [0.15, 0.2) is 0 Å². The number of rotatable bonds is 10. The Morgan fingerprint density at radius 1 is 0.635 bits per heavy atom. The summed E-state index contributed by atoms with van der Waals surface area (Å²) in [4.78, 5) is 88.6. The zero-order valence-electron chi connectivity index (χ0n) is 34.5. The van der Waals surface area contributed by atoms with Gasteiger partial charge in [-0.15, -0.1) is 4.90 Å². The van der Waals surface area contributed by atoms with Crippen molar-refractivity contribution in [3.63, 3.8) is 0 Å². The number of halogens is 1. The highest BCUT2D eigenvalue weighted by molar-refractivity contribution is 5.96. The number of unbranched alkanes of at least 4 members (excludes halogenated alkanes) is 1. The largest absolute Gasteiger partial charge is 0.508 e. The summed E-state index contributed by atoms with van der Waals surface area (Å²) in [5, 5.41) is 12.6. The number of esters is 6. The van der Waals surface area contributed by atoms with E-state index in [1.165, 1.54) is 12.1 Å². The number of fused-ring (bicyclic) bond motifs is 2. The van der Waals surface area contributed by atoms with Gasteiger partial charge in [0, 0.05) is 93.4 Å². The fourth-order valence-corrected chi connectivity index (χ4v) is 8.78. The summed E-state index contributed by atoms with van der Waals surface area (Å²) in [6.07, 6.45) is 5.23. The minimum atomic E-state index is -3.23. The van der Waals surface area contributed by atoms with Crippen LogP contribution in [-0.2, 0) is 63.6 Å². The molecule has 0 aliphatic carbocycles. The number of carbonyl (C=O) groups is 6. The second-order valence-electron chi connectivity index (χ2n) is 15.9. The lowest BCUT2D eigenvalue weighted by atomic mass is 9.98. The van der Waals surface area contributed by atoms with Crippen molar-refractivity contribution >= 4 is 46.6 Å². The van der Waals surface area contributed by atoms with Crippen molar-refractivity contribution in [3.05, 3.63) is 114 Å². The van der Waals surface area contributed by atoms with Gasteiger partial charge in [-0.05, 0) is 67.6 Å². The van der Waals surface area contributed by atoms with Crippen molar-refractivity contribution in [1.29, 1.82) is 0 Å². The number of hydrogen-bond donors (Lipinski definition) is 1. The summed E-state index contributed by atoms with van der Waals surface area (Å²) >= 11 is 0. The predicted octanol–water partition coefficient (Wildman–Crippen LogP) is 3.32. The minimum absolute atomic E-state index is 0.0377. The molecule has 8 rings (SSSR count). The zero-order valence-corrected chi connectivity index (χ0v) is 34.5. The third kappa shape index (κ3) is 8.41. The molecule has 0 amide bonds. The first-order valence-corrected chi connectivity index (χ1v) is 20.6. The van der Waals surface area contributed by atoms with E-state index in [9.17, 15) is 38.3 Å². The Bertz CT molecular complexity index is 2350. The molecule has 1 atom stereocenters. The normalized spacial score (nSPS) is 22.0. The Labute approximate surface area is 360 Å². The van der Waals surface area contributed by atoms with E-state index in [0.29, 0.717) is 37.3 Å². The minimum Gasteiger partial charge on any atom is -0.508 e. The summed E-state index contributed by atoms with van der Waals surface area (Å²) < 4.78 is 50.7. The van der Waals surface area contributed by atoms with Crippen LogP contribution in [0, 0.1) is 5.82 Å². The second-order valence-corrected chi connectivity index (χ2v) is 15.9. The van der Waals surface area contributed by atoms with Crippen LogP contribution in [0.2, 0.25) is 0 Å². The molecule has 3 aromatic rings. The molecule has 63 heavy (non-hydrogen) atoms. The van der Waals surface area contributed by atoms with Gasteiger partial charge in [0.25, 0.3) is 0 Å². The van der Waals surface area contributed by atoms with Crippen LogP contribution in [0.4, 0.5) is 4.39 Å². The highest BCUT2D eigenvalue weighted by atomic mass is 19.1. The van der Waals surface area contributed by atoms with Gasteiger partial charge in [-0.25, -0.2) is 38.1 Å². The quantitative estimate of drug-likeness (QED) is 0.177. The summed E-state index contributed by atoms with van der Waals surface area (Å²) in [6, 6.07) is 15.9. The fourth-order valence-electron chi connectivity index (χ4n) is 8.78. The highest BCUT2D eigenvalue weighted by Gasteiger charge is 2.81. The van der Waals surface area contributed by atoms with Crippen LogP contribution >= 0.6 is 0 Å². The average Bonchev–Trinajstić information content (AvgIpc) is 3.59. The first-order valence-electron chi connectivity index (χ1n) is 20.6. The number of hydrogen-bond acceptors (Lipinski definition) is 17. The molecule has 17 nitrogen and oxygen atoms in total. The van der Waals surface area contributed by atoms with Gasteiger partial charge in [-0.1, -0.05) is 42.5 Å². The first-order chi connectivity index (χ1) is 30.2. The summed E-state index contributed by atoms with van der Waals surface area (Å²) in [6.45, 7) is 4.75. The lowest BCUT2D eigenvalue weighted by Crippen LogP contribution is -2.87. The number of phenolic OH excluding ortho intramolecular Hbond substituents is 1. The third-order valence-electron chi connectivity index (χ3n) is 11.8. The van der Waals surface area contributed by atoms with Crippen LogP contribution < -0.4 is 0 Å². The van der Waals surface area contributed by atoms with E-state index in [2.05, 4.69) is 23.6 Å². The van der Waals surface area contributed by atoms with E-state index in [0.717, 1.165) is 57.0 Å². The molecular weight excluding hydrogens is 824 g/mol. The van der Waals surface area contributed by atoms with E-state index < -0.39 is 78.5 Å². The molecule has 330 valence electrons. The number of phenols is 1. The molecule has 18 heteroatoms. The number of ether oxygens (including phenoxy) is 6. The molecule has 3 aromatic carbocycles. The molecule has 5 heterocycles. The SMILES string of the molecule is CC(C)N1CCN(C(CN2CC3(OC(=O)C=CC(=O)O3)N(CCCCc3c(O)ccc4ccccc34)C3(OC(=O)C=CC(=O)O3)C23OC(=O)C=CC(=O)O3)c2ccc(F)cc2)CC1. The van der Waals surface area contributed by atoms with Gasteiger partial charge in [-0.2, -0.15) is 0 Å². The van der Waals surface area contributed by atoms with Crippen molar-refractivity contribution < 1.29 is 66.7 Å². The van der Waals surface area contributed by atoms with Crippen molar-refractivity contribution in [3.8, 4) is 5.75 Å². The number of carbonyl (C=O) groups excluding carboxylic acids is 6. The third-order valence-corrected chi connectivity index (χ3v) is 11.8. The first kappa shape index (κ1) is 43.2. The molecule has 1 unspecified atom stereocenters. The average molecular weight is 869 g/mol. The lowest BCUT2D eigenvalue weighted by Gasteiger charge is -2.60. The topological polar surface area (TPSA) is 191 Å². The van der Waals surface area contributed by atoms with Crippen LogP contribution in [-0.4, -0.2) is 130 Å². The van der Waals surface area contributed by atoms with Crippen LogP contribution in [0.25, 0.3) is 10.8 Å². The van der Waals surface area contributed by atoms with Crippen molar-refractivity contribution in [2.75, 3.05) is 45.8 Å². The van der Waals surface area contributed by atoms with Crippen LogP contribution in [0.15, 0.2) is 97.1 Å². The molecular formula is C45H45FN4O13. The monoisotopic (exact) mass is 868 g/mol. The Morgan fingerprint density at radius 2 is 1.16 bits per heavy atom. The van der Waals surface area contributed by atoms with Crippen LogP contribution in [0.3, 0.4) is 0 Å². The van der Waals surface area contributed by atoms with E-state index in [1.807, 2.05) is 24.3 Å². The maximum Gasteiger partial charge on any atom is 0.426 e. The molecule has 5 aliphatic rings. The standard InChI is InChI=1S/C45H45FN4O13/c1-29(2)47-23-25-48(26-24-47)35(31-10-13-32(46)14-11-31)27-49-28-43(58-37(52)16-17-38(53)59-43)50(22-6-5-9-34-33-8-4-3-7-30(33)12-15-36(34)51)45(62-41(56)20-21-42(57)63-45)44(49)60-39(54)18-19-40(55)61-44/h3-4,7-8,10-21,29,35,51H,5-6,9,22-28H2,1-2H3. The molecule has 2 fully saturated rings. The van der Waals surface area contributed by atoms with E-state index >= 15 is 0 Å². The maximum absolute atomic E-state index is 14.5. The van der Waals surface area contributed by atoms with Gasteiger partial charge < -0.3 is 33.5 Å². The number of piperazine rings is 2. The van der Waals surface area contributed by atoms with Gasteiger partial charge in [0.05, 0.1) is 0 Å². The number of nitrogens with zero attached hydrogens (tertiary/aromatic N) is 4. The molecule has 0 bridgehead atoms. The summed E-state index contributed by atoms with van der Waals surface area (Å²) in [5.41, 5.74) is 1.16. The van der Waals surface area contributed by atoms with Gasteiger partial charge in [-0.3, -0.25) is 9.80 Å². The van der Waals surface area contributed by atoms with Crippen LogP contribution in [0.1, 0.15) is 43.9 Å². The van der Waals surface area contributed by atoms with Crippen molar-refractivity contribution in [2.45, 2.75) is 62.9 Å². The number of aryl methyl sites for hydroxylation is 1. The maximum atomic E-state index is 14.5. The van der Waals surface area contributed by atoms with Gasteiger partial charge in [0.1, 0.15) is 18.1 Å². The van der Waals surface area contributed by atoms with Gasteiger partial charge in [0.2, 0.25) is 0 Å². The van der Waals surface area contributed by atoms with Gasteiger partial charge >= 0.3 is 53.5 Å². The Hall–Kier alpha value is -6.47. The summed E-state index contributed by atoms with van der Waals surface area (Å²) in [7, 11) is 0. The number of benzene rings is 3. The highest BCUT2D eigenvalue weighted by Crippen LogP contribution is 2.51. The predicted molar refractivity (Wildman–Crippen MR) is 216 cm³/mol. The second kappa shape index (κ2) is 17.4. The summed E-state index contributed by atoms with van der Waals surface area (Å²) in [5.74, 6) is -16.5. The molecule has 0 aromatic heterocycles. The Balaban J connectivity index is 1.28. The van der Waals surface area contributed by atoms with E-state index in [4.69, 9.17) is 28.4 Å². The molecule has 1 N–H and O–H groups in total. The Kier molecular flexibility index (Phi) is 11.9. The smallest absolute Gasteiger partial charge is 0.426 e. The zero-order chi connectivity index (χ0) is 44.5. The lowest BCUT2D eigenvalue weighted by molar-refractivity contribution is -0.516. The fraction of sp³-hybridized carbons (Fsp3) is 0.378. The van der Waals surface area contributed by atoms with E-state index in [-0.39, 0.29) is 37.6 Å². The molecule has 0 radical (unpaired) electrons. The molecule has 2 saturated heterocycles. The van der Waals surface area contributed by atoms with E-state index in [1.54, 1.807) is 24.3 Å². The number of aromatic hydroxyl groups is 1. The molecule has 3 spiro atoms. The van der Waals surface area contributed by atoms with Crippen molar-refractivity contribution in [1.82, 2.24) is 19.6 Å². The van der Waals surface area contributed by atoms with Crippen molar-refractivity contribution in [2.24, 2.45) is 0 Å². The molecule has 5 aliphatic heterocycles. The molecule has 0 saturated carbocycles. The van der Waals surface area contributed by atoms with Crippen LogP contribution in [0.5, 0.6) is 5.75 Å². The Morgan fingerprint density at radius 3 is 1.73 bits per heavy atom.